The number of nitrogens with zero attached hydrogens (tertiary/aromatic N) is 1. The zero-order valence-electron chi connectivity index (χ0n) is 14.2. The Morgan fingerprint density at radius 1 is 1.08 bits per heavy atom. The number of aliphatic hydroxyl groups excluding tert-OH is 1. The molecular weight excluding hydrogens is 322 g/mol. The summed E-state index contributed by atoms with van der Waals surface area (Å²) in [4.78, 5) is 2.39. The number of hydrogen-bond donors (Lipinski definition) is 2. The van der Waals surface area contributed by atoms with Crippen LogP contribution < -0.4 is 5.32 Å². The third-order valence-corrected chi connectivity index (χ3v) is 4.80. The molecule has 0 spiro atoms. The molecule has 1 heterocycles. The number of anilines is 1. The van der Waals surface area contributed by atoms with Gasteiger partial charge in [-0.1, -0.05) is 18.2 Å². The van der Waals surface area contributed by atoms with E-state index in [0.717, 1.165) is 44.2 Å². The molecule has 1 fully saturated rings. The van der Waals surface area contributed by atoms with E-state index >= 15 is 0 Å². The first-order valence-electron chi connectivity index (χ1n) is 8.74. The largest absolute Gasteiger partial charge is 0.396 e. The Bertz CT molecular complexity index is 700. The molecule has 25 heavy (non-hydrogen) atoms. The van der Waals surface area contributed by atoms with Crippen molar-refractivity contribution < 1.29 is 13.9 Å². The van der Waals surface area contributed by atoms with Crippen LogP contribution in [-0.4, -0.2) is 29.7 Å². The lowest BCUT2D eigenvalue weighted by atomic mass is 9.97. The number of aliphatic hydroxyl groups is 1. The molecular formula is C20H24F2N2O. The number of piperidine rings is 1. The van der Waals surface area contributed by atoms with E-state index in [2.05, 4.69) is 22.3 Å². The maximum Gasteiger partial charge on any atom is 0.131 e. The van der Waals surface area contributed by atoms with Crippen molar-refractivity contribution in [3.8, 4) is 0 Å². The maximum absolute atomic E-state index is 13.7. The Kier molecular flexibility index (Phi) is 6.00. The van der Waals surface area contributed by atoms with Gasteiger partial charge in [-0.25, -0.2) is 8.78 Å². The third-order valence-electron chi connectivity index (χ3n) is 4.80. The molecule has 1 aliphatic heterocycles. The fraction of sp³-hybridized carbons (Fsp3) is 0.400. The third kappa shape index (κ3) is 5.00. The lowest BCUT2D eigenvalue weighted by Crippen LogP contribution is -2.34. The van der Waals surface area contributed by atoms with Gasteiger partial charge in [0.05, 0.1) is 0 Å². The molecule has 5 heteroatoms. The Labute approximate surface area is 147 Å². The quantitative estimate of drug-likeness (QED) is 0.836. The molecule has 0 aliphatic carbocycles. The summed E-state index contributed by atoms with van der Waals surface area (Å²) in [6.07, 6.45) is 2.08. The molecule has 0 bridgehead atoms. The minimum atomic E-state index is -0.562. The zero-order valence-corrected chi connectivity index (χ0v) is 14.2. The molecule has 0 atom stereocenters. The molecule has 2 N–H and O–H groups in total. The van der Waals surface area contributed by atoms with Crippen LogP contribution >= 0.6 is 0 Å². The molecule has 0 unspecified atom stereocenters. The first-order chi connectivity index (χ1) is 12.1. The molecule has 1 saturated heterocycles. The van der Waals surface area contributed by atoms with E-state index in [1.54, 1.807) is 0 Å². The van der Waals surface area contributed by atoms with Crippen molar-refractivity contribution in [2.45, 2.75) is 25.9 Å². The first-order valence-corrected chi connectivity index (χ1v) is 8.74. The van der Waals surface area contributed by atoms with Gasteiger partial charge in [-0.05, 0) is 55.6 Å². The summed E-state index contributed by atoms with van der Waals surface area (Å²) >= 11 is 0. The lowest BCUT2D eigenvalue weighted by molar-refractivity contribution is 0.127. The van der Waals surface area contributed by atoms with Gasteiger partial charge in [-0.15, -0.1) is 0 Å². The number of halogens is 2. The van der Waals surface area contributed by atoms with E-state index in [-0.39, 0.29) is 6.61 Å². The van der Waals surface area contributed by atoms with Gasteiger partial charge in [-0.3, -0.25) is 4.90 Å². The molecule has 2 aromatic carbocycles. The van der Waals surface area contributed by atoms with Crippen LogP contribution in [0, 0.1) is 17.6 Å². The van der Waals surface area contributed by atoms with Crippen LogP contribution in [0.4, 0.5) is 14.5 Å². The highest BCUT2D eigenvalue weighted by Gasteiger charge is 2.18. The highest BCUT2D eigenvalue weighted by molar-refractivity contribution is 5.46. The summed E-state index contributed by atoms with van der Waals surface area (Å²) in [7, 11) is 0. The summed E-state index contributed by atoms with van der Waals surface area (Å²) in [5.41, 5.74) is 2.57. The average Bonchev–Trinajstić information content (AvgIpc) is 2.62. The Morgan fingerprint density at radius 3 is 2.60 bits per heavy atom. The van der Waals surface area contributed by atoms with E-state index in [1.807, 2.05) is 12.1 Å². The smallest absolute Gasteiger partial charge is 0.131 e. The minimum absolute atomic E-state index is 0.285. The molecule has 3 rings (SSSR count). The van der Waals surface area contributed by atoms with E-state index in [1.165, 1.54) is 17.7 Å². The second-order valence-electron chi connectivity index (χ2n) is 6.69. The molecule has 0 aromatic heterocycles. The van der Waals surface area contributed by atoms with Crippen LogP contribution in [0.3, 0.4) is 0 Å². The molecule has 0 amide bonds. The van der Waals surface area contributed by atoms with Gasteiger partial charge in [0.25, 0.3) is 0 Å². The standard InChI is InChI=1S/C20H24F2N2O/c21-18-5-4-17(20(22)11-18)12-23-19-3-1-2-16(10-19)13-24-8-6-15(14-25)7-9-24/h1-5,10-11,15,23,25H,6-9,12-14H2. The van der Waals surface area contributed by atoms with Crippen molar-refractivity contribution in [1.82, 2.24) is 4.90 Å². The van der Waals surface area contributed by atoms with Gasteiger partial charge < -0.3 is 10.4 Å². The normalized spacial score (nSPS) is 16.1. The SMILES string of the molecule is OCC1CCN(Cc2cccc(NCc3ccc(F)cc3F)c2)CC1. The Morgan fingerprint density at radius 2 is 1.88 bits per heavy atom. The molecule has 3 nitrogen and oxygen atoms in total. The Balaban J connectivity index is 1.56. The topological polar surface area (TPSA) is 35.5 Å². The number of rotatable bonds is 6. The van der Waals surface area contributed by atoms with E-state index in [9.17, 15) is 13.9 Å². The fourth-order valence-electron chi connectivity index (χ4n) is 3.23. The number of benzene rings is 2. The Hall–Kier alpha value is -1.98. The van der Waals surface area contributed by atoms with Crippen molar-refractivity contribution in [3.05, 3.63) is 65.2 Å². The van der Waals surface area contributed by atoms with Crippen LogP contribution in [0.2, 0.25) is 0 Å². The highest BCUT2D eigenvalue weighted by Crippen LogP contribution is 2.20. The average molecular weight is 346 g/mol. The van der Waals surface area contributed by atoms with Gasteiger partial charge in [0.1, 0.15) is 11.6 Å². The van der Waals surface area contributed by atoms with E-state index < -0.39 is 11.6 Å². The zero-order chi connectivity index (χ0) is 17.6. The predicted octanol–water partition coefficient (Wildman–Crippen LogP) is 3.78. The van der Waals surface area contributed by atoms with E-state index in [0.29, 0.717) is 18.0 Å². The van der Waals surface area contributed by atoms with Crippen molar-refractivity contribution in [3.63, 3.8) is 0 Å². The summed E-state index contributed by atoms with van der Waals surface area (Å²) in [5.74, 6) is -0.654. The molecule has 2 aromatic rings. The first kappa shape index (κ1) is 17.8. The van der Waals surface area contributed by atoms with Crippen molar-refractivity contribution in [2.75, 3.05) is 25.0 Å². The van der Waals surface area contributed by atoms with Gasteiger partial charge in [0, 0.05) is 37.0 Å². The van der Waals surface area contributed by atoms with Crippen molar-refractivity contribution >= 4 is 5.69 Å². The van der Waals surface area contributed by atoms with Gasteiger partial charge in [0.2, 0.25) is 0 Å². The number of nitrogens with one attached hydrogen (secondary N) is 1. The van der Waals surface area contributed by atoms with Gasteiger partial charge >= 0.3 is 0 Å². The van der Waals surface area contributed by atoms with Gasteiger partial charge in [0.15, 0.2) is 0 Å². The highest BCUT2D eigenvalue weighted by atomic mass is 19.1. The molecule has 134 valence electrons. The van der Waals surface area contributed by atoms with Crippen molar-refractivity contribution in [1.29, 1.82) is 0 Å². The summed E-state index contributed by atoms with van der Waals surface area (Å²) in [6, 6.07) is 11.7. The van der Waals surface area contributed by atoms with Crippen LogP contribution in [0.5, 0.6) is 0 Å². The monoisotopic (exact) mass is 346 g/mol. The maximum atomic E-state index is 13.7. The van der Waals surface area contributed by atoms with Crippen molar-refractivity contribution in [2.24, 2.45) is 5.92 Å². The van der Waals surface area contributed by atoms with Crippen LogP contribution in [-0.2, 0) is 13.1 Å². The van der Waals surface area contributed by atoms with Gasteiger partial charge in [-0.2, -0.15) is 0 Å². The number of likely N-dealkylation sites (tertiary alicyclic amines) is 1. The van der Waals surface area contributed by atoms with Crippen LogP contribution in [0.25, 0.3) is 0 Å². The lowest BCUT2D eigenvalue weighted by Gasteiger charge is -2.31. The minimum Gasteiger partial charge on any atom is -0.396 e. The predicted molar refractivity (Wildman–Crippen MR) is 95.2 cm³/mol. The molecule has 0 saturated carbocycles. The summed E-state index contributed by atoms with van der Waals surface area (Å²) in [6.45, 7) is 3.48. The summed E-state index contributed by atoms with van der Waals surface area (Å²) in [5, 5.41) is 12.4. The second-order valence-corrected chi connectivity index (χ2v) is 6.69. The van der Waals surface area contributed by atoms with Crippen LogP contribution in [0.1, 0.15) is 24.0 Å². The molecule has 0 radical (unpaired) electrons. The fourth-order valence-corrected chi connectivity index (χ4v) is 3.23. The molecule has 1 aliphatic rings. The van der Waals surface area contributed by atoms with E-state index in [4.69, 9.17) is 0 Å². The second kappa shape index (κ2) is 8.41. The number of hydrogen-bond acceptors (Lipinski definition) is 3. The van der Waals surface area contributed by atoms with Crippen LogP contribution in [0.15, 0.2) is 42.5 Å². The summed E-state index contributed by atoms with van der Waals surface area (Å²) < 4.78 is 26.7.